The summed E-state index contributed by atoms with van der Waals surface area (Å²) in [5.74, 6) is 0.710. The van der Waals surface area contributed by atoms with Crippen LogP contribution in [-0.2, 0) is 11.2 Å². The van der Waals surface area contributed by atoms with Gasteiger partial charge in [-0.1, -0.05) is 52.0 Å². The Bertz CT molecular complexity index is 406. The molecule has 1 aromatic rings. The molecule has 1 aliphatic heterocycles. The van der Waals surface area contributed by atoms with Gasteiger partial charge in [0.2, 0.25) is 0 Å². The van der Waals surface area contributed by atoms with Gasteiger partial charge in [0.25, 0.3) is 0 Å². The minimum absolute atomic E-state index is 0.0134. The first-order valence-corrected chi connectivity index (χ1v) is 8.06. The van der Waals surface area contributed by atoms with Crippen molar-refractivity contribution in [2.75, 3.05) is 13.1 Å². The summed E-state index contributed by atoms with van der Waals surface area (Å²) >= 11 is 0. The fourth-order valence-electron chi connectivity index (χ4n) is 3.01. The van der Waals surface area contributed by atoms with E-state index < -0.39 is 0 Å². The highest BCUT2D eigenvalue weighted by molar-refractivity contribution is 5.25. The Morgan fingerprint density at radius 1 is 1.20 bits per heavy atom. The van der Waals surface area contributed by atoms with Crippen molar-refractivity contribution in [1.82, 2.24) is 5.32 Å². The van der Waals surface area contributed by atoms with E-state index in [2.05, 4.69) is 57.3 Å². The summed E-state index contributed by atoms with van der Waals surface area (Å²) in [6.07, 6.45) is 3.48. The van der Waals surface area contributed by atoms with Crippen LogP contribution in [0.15, 0.2) is 24.3 Å². The van der Waals surface area contributed by atoms with Gasteiger partial charge >= 0.3 is 0 Å². The molecule has 0 saturated carbocycles. The van der Waals surface area contributed by atoms with Crippen LogP contribution in [0.25, 0.3) is 0 Å². The average Bonchev–Trinajstić information content (AvgIpc) is 2.47. The van der Waals surface area contributed by atoms with Crippen molar-refractivity contribution < 1.29 is 4.74 Å². The Kier molecular flexibility index (Phi) is 5.22. The number of benzene rings is 1. The smallest absolute Gasteiger partial charge is 0.0957 e. The molecular formula is C18H29NO. The van der Waals surface area contributed by atoms with E-state index in [1.54, 1.807) is 0 Å². The molecule has 1 aromatic carbocycles. The Morgan fingerprint density at radius 2 is 1.85 bits per heavy atom. The van der Waals surface area contributed by atoms with Gasteiger partial charge in [-0.2, -0.15) is 0 Å². The molecule has 2 rings (SSSR count). The van der Waals surface area contributed by atoms with Crippen LogP contribution in [0.1, 0.15) is 57.8 Å². The van der Waals surface area contributed by atoms with Crippen LogP contribution in [0, 0.1) is 5.92 Å². The fourth-order valence-corrected chi connectivity index (χ4v) is 3.01. The van der Waals surface area contributed by atoms with Gasteiger partial charge in [0.05, 0.1) is 11.7 Å². The molecule has 1 atom stereocenters. The van der Waals surface area contributed by atoms with Crippen molar-refractivity contribution in [3.8, 4) is 0 Å². The van der Waals surface area contributed by atoms with Gasteiger partial charge in [-0.3, -0.25) is 0 Å². The Morgan fingerprint density at radius 3 is 2.40 bits per heavy atom. The van der Waals surface area contributed by atoms with Crippen molar-refractivity contribution in [2.45, 2.75) is 58.7 Å². The predicted octanol–water partition coefficient (Wildman–Crippen LogP) is 4.10. The molecule has 112 valence electrons. The van der Waals surface area contributed by atoms with Crippen LogP contribution >= 0.6 is 0 Å². The van der Waals surface area contributed by atoms with Crippen molar-refractivity contribution in [2.24, 2.45) is 5.92 Å². The molecule has 1 N–H and O–H groups in total. The van der Waals surface area contributed by atoms with Crippen LogP contribution in [0.3, 0.4) is 0 Å². The second-order valence-corrected chi connectivity index (χ2v) is 6.47. The van der Waals surface area contributed by atoms with Gasteiger partial charge in [-0.05, 0) is 36.3 Å². The summed E-state index contributed by atoms with van der Waals surface area (Å²) in [6, 6.07) is 9.00. The van der Waals surface area contributed by atoms with Crippen molar-refractivity contribution in [3.05, 3.63) is 35.4 Å². The van der Waals surface area contributed by atoms with E-state index in [-0.39, 0.29) is 11.7 Å². The van der Waals surface area contributed by atoms with Gasteiger partial charge < -0.3 is 10.1 Å². The maximum atomic E-state index is 6.42. The molecular weight excluding hydrogens is 246 g/mol. The van der Waals surface area contributed by atoms with E-state index in [1.165, 1.54) is 11.1 Å². The molecule has 0 bridgehead atoms. The molecule has 0 aliphatic carbocycles. The van der Waals surface area contributed by atoms with Crippen LogP contribution in [-0.4, -0.2) is 18.7 Å². The molecule has 0 radical (unpaired) electrons. The van der Waals surface area contributed by atoms with E-state index in [4.69, 9.17) is 4.74 Å². The quantitative estimate of drug-likeness (QED) is 0.873. The van der Waals surface area contributed by atoms with Crippen LogP contribution in [0.5, 0.6) is 0 Å². The van der Waals surface area contributed by atoms with Crippen LogP contribution in [0.2, 0.25) is 0 Å². The third-order valence-corrected chi connectivity index (χ3v) is 4.45. The monoisotopic (exact) mass is 275 g/mol. The fraction of sp³-hybridized carbons (Fsp3) is 0.667. The van der Waals surface area contributed by atoms with E-state index in [9.17, 15) is 0 Å². The summed E-state index contributed by atoms with van der Waals surface area (Å²) < 4.78 is 6.42. The number of rotatable bonds is 5. The first kappa shape index (κ1) is 15.5. The van der Waals surface area contributed by atoms with E-state index >= 15 is 0 Å². The second kappa shape index (κ2) is 6.73. The molecule has 2 heteroatoms. The molecule has 1 saturated heterocycles. The van der Waals surface area contributed by atoms with Gasteiger partial charge in [-0.15, -0.1) is 0 Å². The SMILES string of the molecule is CCC1(CC)CNCC(c2ccc(CC(C)C)cc2)O1. The lowest BCUT2D eigenvalue weighted by atomic mass is 9.93. The largest absolute Gasteiger partial charge is 0.364 e. The molecule has 0 spiro atoms. The van der Waals surface area contributed by atoms with Gasteiger partial charge in [0, 0.05) is 13.1 Å². The zero-order chi connectivity index (χ0) is 14.6. The van der Waals surface area contributed by atoms with Crippen molar-refractivity contribution >= 4 is 0 Å². The number of morpholine rings is 1. The summed E-state index contributed by atoms with van der Waals surface area (Å²) in [5, 5.41) is 3.55. The lowest BCUT2D eigenvalue weighted by molar-refractivity contribution is -0.122. The first-order chi connectivity index (χ1) is 9.58. The van der Waals surface area contributed by atoms with E-state index in [0.717, 1.165) is 32.4 Å². The molecule has 1 fully saturated rings. The zero-order valence-corrected chi connectivity index (χ0v) is 13.4. The molecule has 20 heavy (non-hydrogen) atoms. The molecule has 1 heterocycles. The van der Waals surface area contributed by atoms with Crippen LogP contribution < -0.4 is 5.32 Å². The Hall–Kier alpha value is -0.860. The molecule has 0 aromatic heterocycles. The average molecular weight is 275 g/mol. The van der Waals surface area contributed by atoms with Gasteiger partial charge in [0.15, 0.2) is 0 Å². The zero-order valence-electron chi connectivity index (χ0n) is 13.4. The maximum Gasteiger partial charge on any atom is 0.0957 e. The van der Waals surface area contributed by atoms with E-state index in [0.29, 0.717) is 5.92 Å². The standard InChI is InChI=1S/C18H29NO/c1-5-18(6-2)13-19-12-17(20-18)16-9-7-15(8-10-16)11-14(3)4/h7-10,14,17,19H,5-6,11-13H2,1-4H3. The highest BCUT2D eigenvalue weighted by atomic mass is 16.5. The lowest BCUT2D eigenvalue weighted by Gasteiger charge is -2.41. The highest BCUT2D eigenvalue weighted by Crippen LogP contribution is 2.32. The summed E-state index contributed by atoms with van der Waals surface area (Å²) in [4.78, 5) is 0. The second-order valence-electron chi connectivity index (χ2n) is 6.47. The topological polar surface area (TPSA) is 21.3 Å². The number of nitrogens with one attached hydrogen (secondary N) is 1. The van der Waals surface area contributed by atoms with E-state index in [1.807, 2.05) is 0 Å². The summed E-state index contributed by atoms with van der Waals surface area (Å²) in [6.45, 7) is 10.9. The minimum atomic E-state index is 0.0134. The molecule has 0 amide bonds. The van der Waals surface area contributed by atoms with Crippen LogP contribution in [0.4, 0.5) is 0 Å². The van der Waals surface area contributed by atoms with Crippen molar-refractivity contribution in [1.29, 1.82) is 0 Å². The minimum Gasteiger partial charge on any atom is -0.364 e. The van der Waals surface area contributed by atoms with Crippen molar-refractivity contribution in [3.63, 3.8) is 0 Å². The van der Waals surface area contributed by atoms with Gasteiger partial charge in [-0.25, -0.2) is 0 Å². The normalized spacial score (nSPS) is 22.1. The third-order valence-electron chi connectivity index (χ3n) is 4.45. The number of hydrogen-bond donors (Lipinski definition) is 1. The Labute approximate surface area is 123 Å². The number of hydrogen-bond acceptors (Lipinski definition) is 2. The lowest BCUT2D eigenvalue weighted by Crippen LogP contribution is -2.50. The predicted molar refractivity (Wildman–Crippen MR) is 85.0 cm³/mol. The molecule has 2 nitrogen and oxygen atoms in total. The highest BCUT2D eigenvalue weighted by Gasteiger charge is 2.34. The maximum absolute atomic E-state index is 6.42. The summed E-state index contributed by atoms with van der Waals surface area (Å²) in [5.41, 5.74) is 2.74. The molecule has 1 unspecified atom stereocenters. The third kappa shape index (κ3) is 3.62. The molecule has 1 aliphatic rings. The Balaban J connectivity index is 2.07. The van der Waals surface area contributed by atoms with Gasteiger partial charge in [0.1, 0.15) is 0 Å². The number of ether oxygens (including phenoxy) is 1. The first-order valence-electron chi connectivity index (χ1n) is 8.06. The summed E-state index contributed by atoms with van der Waals surface area (Å²) in [7, 11) is 0.